The van der Waals surface area contributed by atoms with E-state index < -0.39 is 0 Å². The first-order valence-electron chi connectivity index (χ1n) is 9.77. The summed E-state index contributed by atoms with van der Waals surface area (Å²) in [5.74, 6) is 1.18. The lowest BCUT2D eigenvalue weighted by atomic mass is 10.0. The van der Waals surface area contributed by atoms with E-state index in [2.05, 4.69) is 17.0 Å². The molecule has 0 N–H and O–H groups in total. The number of hydrogen-bond donors (Lipinski definition) is 0. The van der Waals surface area contributed by atoms with Crippen LogP contribution in [0.2, 0.25) is 0 Å². The summed E-state index contributed by atoms with van der Waals surface area (Å²) >= 11 is 0. The van der Waals surface area contributed by atoms with Crippen molar-refractivity contribution in [3.63, 3.8) is 0 Å². The summed E-state index contributed by atoms with van der Waals surface area (Å²) in [6.07, 6.45) is 4.91. The molecule has 2 aliphatic rings. The maximum Gasteiger partial charge on any atom is 0.222 e. The second kappa shape index (κ2) is 7.62. The van der Waals surface area contributed by atoms with E-state index in [1.54, 1.807) is 0 Å². The van der Waals surface area contributed by atoms with E-state index in [9.17, 15) is 4.79 Å². The van der Waals surface area contributed by atoms with E-state index in [4.69, 9.17) is 4.52 Å². The van der Waals surface area contributed by atoms with Crippen LogP contribution in [0.4, 0.5) is 0 Å². The van der Waals surface area contributed by atoms with Crippen LogP contribution in [0.15, 0.2) is 34.9 Å². The van der Waals surface area contributed by atoms with Gasteiger partial charge in [0, 0.05) is 36.6 Å². The van der Waals surface area contributed by atoms with Crippen LogP contribution < -0.4 is 0 Å². The van der Waals surface area contributed by atoms with Crippen molar-refractivity contribution in [2.45, 2.75) is 51.6 Å². The summed E-state index contributed by atoms with van der Waals surface area (Å²) in [6.45, 7) is 5.96. The summed E-state index contributed by atoms with van der Waals surface area (Å²) in [6, 6.07) is 10.6. The highest BCUT2D eigenvalue weighted by Crippen LogP contribution is 2.30. The van der Waals surface area contributed by atoms with Crippen molar-refractivity contribution >= 4 is 5.91 Å². The average molecular weight is 353 g/mol. The third-order valence-electron chi connectivity index (χ3n) is 5.77. The van der Waals surface area contributed by atoms with Crippen LogP contribution in [0.5, 0.6) is 0 Å². The van der Waals surface area contributed by atoms with Crippen LogP contribution in [-0.4, -0.2) is 46.5 Å². The summed E-state index contributed by atoms with van der Waals surface area (Å²) in [5.41, 5.74) is 3.00. The Kier molecular flexibility index (Phi) is 5.07. The molecule has 0 bridgehead atoms. The fourth-order valence-electron chi connectivity index (χ4n) is 4.10. The van der Waals surface area contributed by atoms with Crippen LogP contribution in [0.25, 0.3) is 11.3 Å². The molecule has 0 aliphatic carbocycles. The SMILES string of the molecule is C[C@@H](CCC(=O)N1CCc2onc(-c3ccccc3)c2C1)N1CCCC1. The van der Waals surface area contributed by atoms with E-state index in [0.717, 1.165) is 42.0 Å². The lowest BCUT2D eigenvalue weighted by Crippen LogP contribution is -2.37. The Morgan fingerprint density at radius 1 is 1.19 bits per heavy atom. The van der Waals surface area contributed by atoms with Crippen molar-refractivity contribution in [3.8, 4) is 11.3 Å². The van der Waals surface area contributed by atoms with Crippen LogP contribution in [0, 0.1) is 0 Å². The average Bonchev–Trinajstić information content (AvgIpc) is 3.36. The minimum Gasteiger partial charge on any atom is -0.360 e. The molecule has 1 aromatic heterocycles. The van der Waals surface area contributed by atoms with Crippen LogP contribution >= 0.6 is 0 Å². The van der Waals surface area contributed by atoms with Crippen molar-refractivity contribution in [2.24, 2.45) is 0 Å². The van der Waals surface area contributed by atoms with Crippen molar-refractivity contribution in [1.29, 1.82) is 0 Å². The first-order valence-corrected chi connectivity index (χ1v) is 9.77. The number of rotatable bonds is 5. The predicted molar refractivity (Wildman–Crippen MR) is 101 cm³/mol. The highest BCUT2D eigenvalue weighted by molar-refractivity contribution is 5.77. The lowest BCUT2D eigenvalue weighted by molar-refractivity contribution is -0.132. The van der Waals surface area contributed by atoms with Crippen molar-refractivity contribution < 1.29 is 9.32 Å². The Morgan fingerprint density at radius 2 is 1.96 bits per heavy atom. The van der Waals surface area contributed by atoms with Crippen molar-refractivity contribution in [2.75, 3.05) is 19.6 Å². The molecule has 2 aromatic rings. The molecule has 5 nitrogen and oxygen atoms in total. The third kappa shape index (κ3) is 3.54. The minimum absolute atomic E-state index is 0.252. The fourth-order valence-corrected chi connectivity index (χ4v) is 4.10. The fraction of sp³-hybridized carbons (Fsp3) is 0.524. The predicted octanol–water partition coefficient (Wildman–Crippen LogP) is 3.49. The molecular formula is C21H27N3O2. The maximum absolute atomic E-state index is 12.8. The molecule has 138 valence electrons. The number of benzene rings is 1. The van der Waals surface area contributed by atoms with Gasteiger partial charge in [0.15, 0.2) is 0 Å². The molecule has 26 heavy (non-hydrogen) atoms. The number of carbonyl (C=O) groups excluding carboxylic acids is 1. The molecule has 1 atom stereocenters. The monoisotopic (exact) mass is 353 g/mol. The molecule has 1 amide bonds. The standard InChI is InChI=1S/C21H27N3O2/c1-16(23-12-5-6-13-23)9-10-20(25)24-14-11-19-18(15-24)21(22-26-19)17-7-3-2-4-8-17/h2-4,7-8,16H,5-6,9-15H2,1H3/t16-/m0/s1. The Bertz CT molecular complexity index is 750. The van der Waals surface area contributed by atoms with E-state index in [0.29, 0.717) is 19.0 Å². The van der Waals surface area contributed by atoms with Gasteiger partial charge < -0.3 is 14.3 Å². The molecule has 0 radical (unpaired) electrons. The van der Waals surface area contributed by atoms with Gasteiger partial charge in [0.2, 0.25) is 5.91 Å². The van der Waals surface area contributed by atoms with Gasteiger partial charge in [0.05, 0.1) is 6.54 Å². The van der Waals surface area contributed by atoms with E-state index >= 15 is 0 Å². The molecule has 1 saturated heterocycles. The second-order valence-electron chi connectivity index (χ2n) is 7.50. The third-order valence-corrected chi connectivity index (χ3v) is 5.77. The van der Waals surface area contributed by atoms with Gasteiger partial charge in [0.25, 0.3) is 0 Å². The largest absolute Gasteiger partial charge is 0.360 e. The zero-order chi connectivity index (χ0) is 17.9. The highest BCUT2D eigenvalue weighted by Gasteiger charge is 2.28. The van der Waals surface area contributed by atoms with Crippen LogP contribution in [0.1, 0.15) is 43.9 Å². The zero-order valence-electron chi connectivity index (χ0n) is 15.5. The number of likely N-dealkylation sites (tertiary alicyclic amines) is 1. The molecule has 0 saturated carbocycles. The number of amides is 1. The summed E-state index contributed by atoms with van der Waals surface area (Å²) in [5, 5.41) is 4.27. The van der Waals surface area contributed by atoms with Gasteiger partial charge >= 0.3 is 0 Å². The smallest absolute Gasteiger partial charge is 0.222 e. The Hall–Kier alpha value is -2.14. The van der Waals surface area contributed by atoms with Gasteiger partial charge in [-0.15, -0.1) is 0 Å². The quantitative estimate of drug-likeness (QED) is 0.826. The number of hydrogen-bond acceptors (Lipinski definition) is 4. The van der Waals surface area contributed by atoms with Crippen LogP contribution in [-0.2, 0) is 17.8 Å². The van der Waals surface area contributed by atoms with Crippen molar-refractivity contribution in [1.82, 2.24) is 15.0 Å². The molecular weight excluding hydrogens is 326 g/mol. The Labute approximate surface area is 155 Å². The van der Waals surface area contributed by atoms with Gasteiger partial charge in [0.1, 0.15) is 11.5 Å². The van der Waals surface area contributed by atoms with Gasteiger partial charge in [-0.1, -0.05) is 35.5 Å². The number of fused-ring (bicyclic) bond motifs is 1. The second-order valence-corrected chi connectivity index (χ2v) is 7.50. The van der Waals surface area contributed by atoms with Gasteiger partial charge in [-0.2, -0.15) is 0 Å². The first-order chi connectivity index (χ1) is 12.7. The number of carbonyl (C=O) groups is 1. The molecule has 1 aromatic carbocycles. The maximum atomic E-state index is 12.8. The van der Waals surface area contributed by atoms with E-state index in [1.165, 1.54) is 25.9 Å². The van der Waals surface area contributed by atoms with E-state index in [1.807, 2.05) is 35.2 Å². The summed E-state index contributed by atoms with van der Waals surface area (Å²) in [4.78, 5) is 17.2. The van der Waals surface area contributed by atoms with Gasteiger partial charge in [-0.05, 0) is 39.3 Å². The molecule has 2 aliphatic heterocycles. The zero-order valence-corrected chi connectivity index (χ0v) is 15.5. The topological polar surface area (TPSA) is 49.6 Å². The first kappa shape index (κ1) is 17.3. The van der Waals surface area contributed by atoms with E-state index in [-0.39, 0.29) is 5.91 Å². The Balaban J connectivity index is 1.40. The van der Waals surface area contributed by atoms with Gasteiger partial charge in [-0.3, -0.25) is 4.79 Å². The molecule has 3 heterocycles. The van der Waals surface area contributed by atoms with Crippen molar-refractivity contribution in [3.05, 3.63) is 41.7 Å². The number of aromatic nitrogens is 1. The lowest BCUT2D eigenvalue weighted by Gasteiger charge is -2.28. The summed E-state index contributed by atoms with van der Waals surface area (Å²) < 4.78 is 5.54. The number of nitrogens with zero attached hydrogens (tertiary/aromatic N) is 3. The highest BCUT2D eigenvalue weighted by atomic mass is 16.5. The molecule has 1 fully saturated rings. The normalized spacial score (nSPS) is 18.7. The summed E-state index contributed by atoms with van der Waals surface area (Å²) in [7, 11) is 0. The molecule has 0 spiro atoms. The molecule has 5 heteroatoms. The Morgan fingerprint density at radius 3 is 2.73 bits per heavy atom. The van der Waals surface area contributed by atoms with Crippen LogP contribution in [0.3, 0.4) is 0 Å². The van der Waals surface area contributed by atoms with Gasteiger partial charge in [-0.25, -0.2) is 0 Å². The molecule has 4 rings (SSSR count). The minimum atomic E-state index is 0.252. The molecule has 0 unspecified atom stereocenters.